The van der Waals surface area contributed by atoms with Crippen LogP contribution in [0.4, 0.5) is 4.39 Å². The Morgan fingerprint density at radius 1 is 0.523 bits per heavy atom. The van der Waals surface area contributed by atoms with Gasteiger partial charge < -0.3 is 19.3 Å². The first-order valence-corrected chi connectivity index (χ1v) is 40.7. The largest absolute Gasteiger partial charge is 0.508 e. The molecule has 0 aliphatic carbocycles. The van der Waals surface area contributed by atoms with Gasteiger partial charge in [0.05, 0.1) is 129 Å². The summed E-state index contributed by atoms with van der Waals surface area (Å²) in [6.45, 7) is 13.1. The molecule has 1 aliphatic rings. The van der Waals surface area contributed by atoms with Crippen molar-refractivity contribution >= 4 is 60.9 Å². The third-order valence-corrected chi connectivity index (χ3v) is 21.7. The molecule has 0 saturated carbocycles. The standard InChI is InChI=1S/C18H16FN3O4S2.C17H17N3O3S.C13H17N3O3S.C11H13N3O3S.C10H11N3O3S/c1-10-18-17(13-7-8-15(26-2)16(19)14(13)9-27(18)23)22(21-10)11-3-5-12(6-4-11)28(20,24)25;1-2-13-11-17(12-3-7-15(21)8-4-12)20(19-13)14-5-9-16(10-6-14)24(18,22)23;1-9(2)19-13-8-10(3)15-16(13)11-4-6-12(7-5-11)20(14,17)18;1-8-7-11(17-2)14(13-8)9-3-5-10(6-4-9)18(12,15)16;1-7-6-10(14)13(12-7)8-2-4-9(5-3-8)17(11,15)16/h3-8H,9H2,1-2H3,(H2,20,24,25);3-11,21H,2H2,1H3,(H2,18,22,23);4-9H,1-3H3,(H2,14,17,18);3-7H,1-2H3,(H2,12,15,16);2-6,12H,1H3,(H2,11,15,16). The molecule has 6 heterocycles. The van der Waals surface area contributed by atoms with E-state index in [0.29, 0.717) is 61.9 Å². The Kier molecular flexibility index (Phi) is 24.4. The number of halogens is 1. The number of hydrogen-bond acceptors (Lipinski definition) is 20. The smallest absolute Gasteiger partial charge is 0.271 e. The number of methoxy groups -OCH3 is 2. The first-order chi connectivity index (χ1) is 50.2. The van der Waals surface area contributed by atoms with Gasteiger partial charge in [0.25, 0.3) is 5.56 Å². The molecular weight excluding hydrogens is 1510 g/mol. The molecule has 564 valence electrons. The highest BCUT2D eigenvalue weighted by Gasteiger charge is 2.33. The van der Waals surface area contributed by atoms with E-state index in [-0.39, 0.29) is 53.4 Å². The van der Waals surface area contributed by atoms with Gasteiger partial charge in [0.1, 0.15) is 5.75 Å². The normalized spacial score (nSPS) is 12.7. The number of fused-ring (bicyclic) bond motifs is 3. The number of ether oxygens (including phenoxy) is 3. The number of aromatic amines is 1. The van der Waals surface area contributed by atoms with E-state index in [4.69, 9.17) is 39.9 Å². The highest BCUT2D eigenvalue weighted by molar-refractivity contribution is 7.90. The number of nitrogens with two attached hydrogens (primary N) is 5. The summed E-state index contributed by atoms with van der Waals surface area (Å²) >= 11 is 0. The van der Waals surface area contributed by atoms with Gasteiger partial charge in [-0.15, -0.1) is 0 Å². The van der Waals surface area contributed by atoms with E-state index in [1.54, 1.807) is 125 Å². The Bertz CT molecular complexity index is 5930. The van der Waals surface area contributed by atoms with Crippen molar-refractivity contribution in [1.29, 1.82) is 0 Å². The van der Waals surface area contributed by atoms with Crippen LogP contribution >= 0.6 is 0 Å². The van der Waals surface area contributed by atoms with Crippen LogP contribution < -0.4 is 45.5 Å². The Hall–Kier alpha value is -10.8. The number of rotatable bonds is 16. The summed E-state index contributed by atoms with van der Waals surface area (Å²) in [5, 5.41) is 55.3. The maximum Gasteiger partial charge on any atom is 0.271 e. The van der Waals surface area contributed by atoms with Gasteiger partial charge in [-0.05, 0) is 212 Å². The highest BCUT2D eigenvalue weighted by atomic mass is 32.2. The van der Waals surface area contributed by atoms with Crippen LogP contribution in [0, 0.1) is 33.5 Å². The lowest BCUT2D eigenvalue weighted by Crippen LogP contribution is -2.15. The topological polar surface area (TPSA) is 475 Å². The number of H-pyrrole nitrogens is 1. The van der Waals surface area contributed by atoms with Gasteiger partial charge in [0.2, 0.25) is 61.9 Å². The Morgan fingerprint density at radius 3 is 1.33 bits per heavy atom. The summed E-state index contributed by atoms with van der Waals surface area (Å²) in [4.78, 5) is 12.2. The number of nitrogens with zero attached hydrogens (tertiary/aromatic N) is 9. The third kappa shape index (κ3) is 19.5. The Labute approximate surface area is 618 Å². The minimum atomic E-state index is -3.83. The van der Waals surface area contributed by atoms with E-state index in [0.717, 1.165) is 46.1 Å². The van der Waals surface area contributed by atoms with Crippen LogP contribution in [-0.4, -0.2) is 121 Å². The summed E-state index contributed by atoms with van der Waals surface area (Å²) in [5.74, 6) is 0.950. The van der Waals surface area contributed by atoms with Gasteiger partial charge in [0, 0.05) is 40.6 Å². The van der Waals surface area contributed by atoms with Crippen LogP contribution in [-0.2, 0) is 73.1 Å². The van der Waals surface area contributed by atoms with E-state index in [1.165, 1.54) is 96.7 Å². The number of aryl methyl sites for hydroxylation is 5. The van der Waals surface area contributed by atoms with Gasteiger partial charge in [-0.25, -0.2) is 95.6 Å². The van der Waals surface area contributed by atoms with E-state index >= 15 is 0 Å². The van der Waals surface area contributed by atoms with Crippen LogP contribution in [0.1, 0.15) is 54.8 Å². The zero-order valence-corrected chi connectivity index (χ0v) is 63.5. The zero-order chi connectivity index (χ0) is 78.4. The molecule has 0 amide bonds. The molecule has 0 radical (unpaired) electrons. The van der Waals surface area contributed by atoms with Gasteiger partial charge >= 0.3 is 0 Å². The highest BCUT2D eigenvalue weighted by Crippen LogP contribution is 2.42. The first kappa shape index (κ1) is 80.3. The number of aromatic nitrogens is 10. The van der Waals surface area contributed by atoms with Crippen LogP contribution in [0.2, 0.25) is 0 Å². The van der Waals surface area contributed by atoms with Crippen LogP contribution in [0.5, 0.6) is 23.3 Å². The fourth-order valence-corrected chi connectivity index (χ4v) is 14.6. The zero-order valence-electron chi connectivity index (χ0n) is 58.6. The van der Waals surface area contributed by atoms with Gasteiger partial charge in [0.15, 0.2) is 11.6 Å². The molecule has 12 aromatic rings. The summed E-state index contributed by atoms with van der Waals surface area (Å²) < 4.78 is 164. The molecule has 107 heavy (non-hydrogen) atoms. The minimum Gasteiger partial charge on any atom is -0.508 e. The molecule has 12 N–H and O–H groups in total. The lowest BCUT2D eigenvalue weighted by atomic mass is 10.0. The Morgan fingerprint density at radius 2 is 0.935 bits per heavy atom. The molecule has 0 spiro atoms. The number of aromatic hydroxyl groups is 1. The van der Waals surface area contributed by atoms with Crippen molar-refractivity contribution in [2.75, 3.05) is 14.2 Å². The van der Waals surface area contributed by atoms with Crippen molar-refractivity contribution in [2.24, 2.45) is 25.7 Å². The van der Waals surface area contributed by atoms with Crippen LogP contribution in [0.15, 0.2) is 216 Å². The van der Waals surface area contributed by atoms with Crippen molar-refractivity contribution in [3.63, 3.8) is 0 Å². The minimum absolute atomic E-state index is 0.0116. The van der Waals surface area contributed by atoms with E-state index in [1.807, 2.05) is 46.8 Å². The number of benzene rings is 7. The van der Waals surface area contributed by atoms with Gasteiger partial charge in [-0.3, -0.25) is 14.1 Å². The number of phenolic OH excluding ortho intramolecular Hbond substituents is 1. The predicted molar refractivity (Wildman–Crippen MR) is 397 cm³/mol. The molecule has 13 rings (SSSR count). The summed E-state index contributed by atoms with van der Waals surface area (Å²) in [6.07, 6.45) is 0.793. The first-order valence-electron chi connectivity index (χ1n) is 31.7. The average molecular weight is 1580 g/mol. The SMILES string of the molecule is CCc1cc(-c2ccc(O)cc2)n(-c2ccc(S(N)(=O)=O)cc2)n1.COc1cc(C)nn1-c1ccc(S(N)(=O)=O)cc1.COc1ccc2c(c1F)CS(=O)c1c(C)nn(-c3ccc(S(N)(=O)=O)cc3)c1-2.Cc1cc(=O)n(-c2ccc(S(N)(=O)=O)cc2)[nH]1.Cc1cc(OC(C)C)n(-c2ccc(S(N)(=O)=O)cc2)n1. The number of hydrogen-bond donors (Lipinski definition) is 7. The lowest BCUT2D eigenvalue weighted by molar-refractivity contribution is 0.226. The second-order valence-corrected chi connectivity index (χ2v) is 33.1. The van der Waals surface area contributed by atoms with Crippen LogP contribution in [0.25, 0.3) is 51.0 Å². The molecule has 0 bridgehead atoms. The fourth-order valence-electron chi connectivity index (χ4n) is 10.6. The number of sulfonamides is 5. The van der Waals surface area contributed by atoms with E-state index in [9.17, 15) is 60.6 Å². The summed E-state index contributed by atoms with van der Waals surface area (Å²) in [6, 6.07) is 47.2. The maximum absolute atomic E-state index is 14.8. The van der Waals surface area contributed by atoms with Crippen molar-refractivity contribution in [3.05, 3.63) is 232 Å². The quantitative estimate of drug-likeness (QED) is 0.0499. The Balaban J connectivity index is 0.000000156. The average Bonchev–Trinajstić information content (AvgIpc) is 1.44. The summed E-state index contributed by atoms with van der Waals surface area (Å²) in [7, 11) is -17.2. The van der Waals surface area contributed by atoms with Gasteiger partial charge in [-0.1, -0.05) is 6.92 Å². The molecule has 1 unspecified atom stereocenters. The molecule has 1 aliphatic heterocycles. The fraction of sp³-hybridized carbons (Fsp3) is 0.174. The van der Waals surface area contributed by atoms with Crippen molar-refractivity contribution in [1.82, 2.24) is 48.9 Å². The molecule has 0 fully saturated rings. The molecule has 0 saturated heterocycles. The van der Waals surface area contributed by atoms with Crippen LogP contribution in [0.3, 0.4) is 0 Å². The van der Waals surface area contributed by atoms with E-state index < -0.39 is 66.7 Å². The van der Waals surface area contributed by atoms with Crippen molar-refractivity contribution < 1.29 is 70.0 Å². The molecule has 31 nitrogen and oxygen atoms in total. The third-order valence-electron chi connectivity index (χ3n) is 15.6. The monoisotopic (exact) mass is 1580 g/mol. The van der Waals surface area contributed by atoms with Crippen molar-refractivity contribution in [3.8, 4) is 74.2 Å². The maximum atomic E-state index is 14.8. The predicted octanol–water partition coefficient (Wildman–Crippen LogP) is 7.29. The number of phenols is 1. The van der Waals surface area contributed by atoms with Crippen molar-refractivity contribution in [2.45, 2.75) is 96.1 Å². The van der Waals surface area contributed by atoms with E-state index in [2.05, 4.69) is 25.5 Å². The second kappa shape index (κ2) is 32.5. The molecule has 38 heteroatoms. The lowest BCUT2D eigenvalue weighted by Gasteiger charge is -2.20. The molecule has 1 atom stereocenters. The number of primary sulfonamides is 5. The molecular formula is C69H74FN15O16S6. The number of nitrogens with one attached hydrogen (secondary N) is 1. The van der Waals surface area contributed by atoms with Gasteiger partial charge in [-0.2, -0.15) is 20.4 Å². The molecule has 7 aromatic carbocycles. The summed E-state index contributed by atoms with van der Waals surface area (Å²) in [5.41, 5.74) is 9.99. The molecule has 5 aromatic heterocycles. The second-order valence-electron chi connectivity index (χ2n) is 23.9.